The zero-order valence-electron chi connectivity index (χ0n) is 44.4. The van der Waals surface area contributed by atoms with Crippen LogP contribution in [0.2, 0.25) is 0 Å². The molecular weight excluding hydrogens is 496 g/mol. The topological polar surface area (TPSA) is 13.1 Å². The minimum absolute atomic E-state index is 0.492. The van der Waals surface area contributed by atoms with Gasteiger partial charge in [0.25, 0.3) is 0 Å². The molecule has 0 atom stereocenters. The van der Waals surface area contributed by atoms with Crippen molar-refractivity contribution in [1.82, 2.24) is 0 Å². The average Bonchev–Trinajstić information content (AvgIpc) is 3.68. The third kappa shape index (κ3) is 3.30. The fraction of sp³-hybridized carbons (Fsp3) is 0. The van der Waals surface area contributed by atoms with E-state index < -0.39 is 232 Å². The molecule has 1 heteroatoms. The van der Waals surface area contributed by atoms with Crippen molar-refractivity contribution in [3.8, 4) is 22.3 Å². The molecule has 1 nitrogen and oxygen atoms in total. The monoisotopic (exact) mass is 544 g/mol. The van der Waals surface area contributed by atoms with E-state index in [0.717, 1.165) is 0 Å². The van der Waals surface area contributed by atoms with E-state index in [-0.39, 0.29) is 0 Å². The highest BCUT2D eigenvalue weighted by Crippen LogP contribution is 2.48. The minimum Gasteiger partial charge on any atom is -0.456 e. The molecule has 0 saturated heterocycles. The molecule has 0 amide bonds. The maximum Gasteiger partial charge on any atom is 0.136 e. The van der Waals surface area contributed by atoms with Crippen LogP contribution in [0.3, 0.4) is 0 Å². The summed E-state index contributed by atoms with van der Waals surface area (Å²) >= 11 is 0. The molecule has 1 heterocycles. The van der Waals surface area contributed by atoms with Crippen molar-refractivity contribution in [3.05, 3.63) is 145 Å². The largest absolute Gasteiger partial charge is 0.456 e. The molecule has 1 aromatic heterocycles. The van der Waals surface area contributed by atoms with Crippen LogP contribution in [0.25, 0.3) is 87.3 Å². The fourth-order valence-electron chi connectivity index (χ4n) is 5.14. The highest BCUT2D eigenvalue weighted by molar-refractivity contribution is 6.27. The summed E-state index contributed by atoms with van der Waals surface area (Å²) in [4.78, 5) is 0. The Morgan fingerprint density at radius 3 is 1.88 bits per heavy atom. The van der Waals surface area contributed by atoms with E-state index in [1.807, 2.05) is 0 Å². The first kappa shape index (κ1) is 9.33. The van der Waals surface area contributed by atoms with E-state index in [1.54, 1.807) is 0 Å². The predicted octanol–water partition coefficient (Wildman–Crippen LogP) is 11.5. The summed E-state index contributed by atoms with van der Waals surface area (Å²) < 4.78 is 221. The number of fused-ring (bicyclic) bond motifs is 8. The molecular formula is C40H24O. The Hall–Kier alpha value is -5.40. The fourth-order valence-corrected chi connectivity index (χ4v) is 5.14. The summed E-state index contributed by atoms with van der Waals surface area (Å²) in [7, 11) is 0. The van der Waals surface area contributed by atoms with Crippen LogP contribution in [0.15, 0.2) is 149 Å². The van der Waals surface area contributed by atoms with Crippen LogP contribution in [0.4, 0.5) is 0 Å². The van der Waals surface area contributed by atoms with Crippen LogP contribution in [-0.2, 0) is 0 Å². The van der Waals surface area contributed by atoms with Crippen LogP contribution >= 0.6 is 0 Å². The van der Waals surface area contributed by atoms with Crippen molar-refractivity contribution in [2.45, 2.75) is 0 Å². The van der Waals surface area contributed by atoms with Gasteiger partial charge in [0.15, 0.2) is 0 Å². The molecule has 9 aromatic rings. The summed E-state index contributed by atoms with van der Waals surface area (Å²) in [5.74, 6) is 0. The Balaban J connectivity index is 1.78. The van der Waals surface area contributed by atoms with Gasteiger partial charge in [-0.05, 0) is 83.9 Å². The van der Waals surface area contributed by atoms with Gasteiger partial charge in [0.1, 0.15) is 11.2 Å². The Morgan fingerprint density at radius 1 is 0.390 bits per heavy atom. The standard InChI is InChI=1S/C40H24O/c1-2-10-25(11-3-1)32-20-21-36-39(35-22-27-13-4-5-14-28(27)24-37(35)41-36)40(32)38-31-17-9-7-15-29(31)23-34-30-16-8-6-12-26(30)18-19-33(34)38/h1-24H/i1D,2D,3D,4D,5D,6D,7D,8D,9D,10D,11D,12D,13D,14D,15D,16D,17D,18D,19D,20D,21D,22D,23D,24D. The Kier molecular flexibility index (Phi) is 1.94. The number of benzene rings is 8. The normalized spacial score (nSPS) is 20.1. The summed E-state index contributed by atoms with van der Waals surface area (Å²) in [5, 5.41) is -5.75. The minimum atomic E-state index is -0.977. The zero-order chi connectivity index (χ0) is 47.8. The molecule has 0 radical (unpaired) electrons. The van der Waals surface area contributed by atoms with Crippen molar-refractivity contribution in [3.63, 3.8) is 0 Å². The smallest absolute Gasteiger partial charge is 0.136 e. The number of hydrogen-bond acceptors (Lipinski definition) is 1. The van der Waals surface area contributed by atoms with Gasteiger partial charge in [0.05, 0.1) is 32.9 Å². The first-order chi connectivity index (χ1) is 30.3. The molecule has 41 heavy (non-hydrogen) atoms. The summed E-state index contributed by atoms with van der Waals surface area (Å²) in [5.41, 5.74) is -4.18. The van der Waals surface area contributed by atoms with Crippen LogP contribution in [0, 0.1) is 0 Å². The Labute approximate surface area is 270 Å². The molecule has 0 saturated carbocycles. The molecule has 0 unspecified atom stereocenters. The highest BCUT2D eigenvalue weighted by atomic mass is 16.3. The van der Waals surface area contributed by atoms with E-state index in [2.05, 4.69) is 0 Å². The summed E-state index contributed by atoms with van der Waals surface area (Å²) in [6.07, 6.45) is 0. The quantitative estimate of drug-likeness (QED) is 0.156. The molecule has 190 valence electrons. The number of hydrogen-bond donors (Lipinski definition) is 0. The van der Waals surface area contributed by atoms with E-state index in [0.29, 0.717) is 0 Å². The van der Waals surface area contributed by atoms with Crippen LogP contribution in [0.5, 0.6) is 0 Å². The van der Waals surface area contributed by atoms with Crippen LogP contribution in [-0.4, -0.2) is 0 Å². The first-order valence-electron chi connectivity index (χ1n) is 24.2. The second kappa shape index (κ2) is 8.55. The van der Waals surface area contributed by atoms with Crippen molar-refractivity contribution in [1.29, 1.82) is 0 Å². The van der Waals surface area contributed by atoms with E-state index in [4.69, 9.17) is 26.3 Å². The van der Waals surface area contributed by atoms with Gasteiger partial charge in [-0.1, -0.05) is 121 Å². The SMILES string of the molecule is [2H]c1c([2H])c([2H])c(-c2c([2H])c([2H])c3oc4c([2H])c5c([2H])c([2H])c([2H])c([2H])c5c([2H])c4c3c2-c2c3c([2H])c([2H])c([2H])c([2H])c3c([2H])c3c2c([2H])c([2H])c2c([2H])c([2H])c([2H])c([2H])c23)c([2H])c1[2H]. The zero-order valence-corrected chi connectivity index (χ0v) is 20.4. The maximum atomic E-state index is 9.59. The highest BCUT2D eigenvalue weighted by Gasteiger charge is 2.22. The first-order valence-corrected chi connectivity index (χ1v) is 12.2. The third-order valence-corrected chi connectivity index (χ3v) is 6.82. The van der Waals surface area contributed by atoms with E-state index in [9.17, 15) is 11.0 Å². The van der Waals surface area contributed by atoms with Gasteiger partial charge in [-0.25, -0.2) is 0 Å². The molecule has 0 N–H and O–H groups in total. The lowest BCUT2D eigenvalue weighted by molar-refractivity contribution is 0.669. The lowest BCUT2D eigenvalue weighted by Crippen LogP contribution is -1.91. The molecule has 8 aromatic carbocycles. The molecule has 0 aliphatic rings. The Morgan fingerprint density at radius 2 is 1.05 bits per heavy atom. The molecule has 0 aliphatic carbocycles. The van der Waals surface area contributed by atoms with Crippen molar-refractivity contribution in [2.24, 2.45) is 0 Å². The van der Waals surface area contributed by atoms with Gasteiger partial charge in [-0.3, -0.25) is 0 Å². The van der Waals surface area contributed by atoms with E-state index in [1.165, 1.54) is 0 Å². The average molecular weight is 545 g/mol. The summed E-state index contributed by atoms with van der Waals surface area (Å²) in [6.45, 7) is 0. The van der Waals surface area contributed by atoms with Crippen molar-refractivity contribution < 1.29 is 37.3 Å². The van der Waals surface area contributed by atoms with Gasteiger partial charge >= 0.3 is 0 Å². The maximum absolute atomic E-state index is 9.59. The Bertz CT molecular complexity index is 3790. The number of rotatable bonds is 2. The third-order valence-electron chi connectivity index (χ3n) is 6.82. The van der Waals surface area contributed by atoms with Crippen LogP contribution in [0.1, 0.15) is 32.9 Å². The number of furan rings is 1. The second-order valence-electron chi connectivity index (χ2n) is 9.01. The molecule has 0 bridgehead atoms. The lowest BCUT2D eigenvalue weighted by atomic mass is 9.84. The molecule has 0 fully saturated rings. The lowest BCUT2D eigenvalue weighted by Gasteiger charge is -2.18. The van der Waals surface area contributed by atoms with Gasteiger partial charge in [0.2, 0.25) is 0 Å². The van der Waals surface area contributed by atoms with Crippen molar-refractivity contribution in [2.75, 3.05) is 0 Å². The van der Waals surface area contributed by atoms with Crippen molar-refractivity contribution >= 4 is 65.0 Å². The van der Waals surface area contributed by atoms with E-state index >= 15 is 0 Å². The summed E-state index contributed by atoms with van der Waals surface area (Å²) in [6, 6.07) is -20.8. The molecule has 0 aliphatic heterocycles. The molecule has 9 rings (SSSR count). The van der Waals surface area contributed by atoms with Gasteiger partial charge in [0, 0.05) is 16.3 Å². The molecule has 0 spiro atoms. The second-order valence-corrected chi connectivity index (χ2v) is 9.01. The van der Waals surface area contributed by atoms with Gasteiger partial charge in [-0.2, -0.15) is 0 Å². The van der Waals surface area contributed by atoms with Gasteiger partial charge in [-0.15, -0.1) is 0 Å². The van der Waals surface area contributed by atoms with Gasteiger partial charge < -0.3 is 4.42 Å². The van der Waals surface area contributed by atoms with Crippen LogP contribution < -0.4 is 0 Å². The predicted molar refractivity (Wildman–Crippen MR) is 175 cm³/mol.